The number of anilines is 1. The van der Waals surface area contributed by atoms with E-state index in [1.54, 1.807) is 23.0 Å². The maximum atomic E-state index is 12.8. The lowest BCUT2D eigenvalue weighted by Crippen LogP contribution is -2.31. The summed E-state index contributed by atoms with van der Waals surface area (Å²) in [7, 11) is 0. The summed E-state index contributed by atoms with van der Waals surface area (Å²) in [5.41, 5.74) is 3.40. The Morgan fingerprint density at radius 3 is 2.57 bits per heavy atom. The van der Waals surface area contributed by atoms with Gasteiger partial charge in [-0.1, -0.05) is 29.8 Å². The number of imide groups is 1. The van der Waals surface area contributed by atoms with Crippen LogP contribution in [-0.4, -0.2) is 21.4 Å². The van der Waals surface area contributed by atoms with Gasteiger partial charge >= 0.3 is 0 Å². The van der Waals surface area contributed by atoms with Crippen molar-refractivity contribution in [1.82, 2.24) is 9.55 Å². The minimum atomic E-state index is -0.531. The molecule has 1 saturated heterocycles. The van der Waals surface area contributed by atoms with E-state index in [0.717, 1.165) is 16.6 Å². The Morgan fingerprint density at radius 1 is 1.04 bits per heavy atom. The van der Waals surface area contributed by atoms with Gasteiger partial charge in [-0.25, -0.2) is 9.88 Å². The van der Waals surface area contributed by atoms with Gasteiger partial charge in [0.15, 0.2) is 0 Å². The van der Waals surface area contributed by atoms with Crippen LogP contribution >= 0.6 is 0 Å². The molecule has 23 heavy (non-hydrogen) atoms. The summed E-state index contributed by atoms with van der Waals surface area (Å²) in [5.74, 6) is -0.386. The molecular weight excluding hydrogens is 290 g/mol. The number of amides is 2. The van der Waals surface area contributed by atoms with Crippen LogP contribution in [-0.2, 0) is 9.59 Å². The van der Waals surface area contributed by atoms with Crippen molar-refractivity contribution in [3.63, 3.8) is 0 Å². The minimum absolute atomic E-state index is 0.160. The van der Waals surface area contributed by atoms with Crippen molar-refractivity contribution in [2.75, 3.05) is 4.90 Å². The van der Waals surface area contributed by atoms with Crippen LogP contribution in [0.1, 0.15) is 18.0 Å². The molecule has 1 aromatic heterocycles. The van der Waals surface area contributed by atoms with E-state index in [1.165, 1.54) is 4.90 Å². The zero-order valence-electron chi connectivity index (χ0n) is 12.6. The summed E-state index contributed by atoms with van der Waals surface area (Å²) in [4.78, 5) is 30.8. The highest BCUT2D eigenvalue weighted by Crippen LogP contribution is 2.31. The zero-order chi connectivity index (χ0) is 16.0. The molecule has 114 valence electrons. The molecule has 0 N–H and O–H groups in total. The highest BCUT2D eigenvalue weighted by Gasteiger charge is 2.41. The fraction of sp³-hybridized carbons (Fsp3) is 0.167. The smallest absolute Gasteiger partial charge is 0.257 e. The van der Waals surface area contributed by atoms with Crippen molar-refractivity contribution in [3.05, 3.63) is 60.4 Å². The van der Waals surface area contributed by atoms with Crippen molar-refractivity contribution in [1.29, 1.82) is 0 Å². The predicted molar refractivity (Wildman–Crippen MR) is 87.1 cm³/mol. The summed E-state index contributed by atoms with van der Waals surface area (Å²) < 4.78 is 1.80. The van der Waals surface area contributed by atoms with E-state index in [-0.39, 0.29) is 18.2 Å². The first kappa shape index (κ1) is 13.7. The van der Waals surface area contributed by atoms with Crippen LogP contribution in [0.3, 0.4) is 0 Å². The van der Waals surface area contributed by atoms with Crippen LogP contribution in [0.2, 0.25) is 0 Å². The van der Waals surface area contributed by atoms with Crippen molar-refractivity contribution in [2.24, 2.45) is 0 Å². The number of para-hydroxylation sites is 2. The molecular formula is C18H15N3O2. The van der Waals surface area contributed by atoms with Crippen LogP contribution < -0.4 is 4.90 Å². The molecule has 2 heterocycles. The number of hydrogen-bond donors (Lipinski definition) is 0. The molecule has 4 rings (SSSR count). The van der Waals surface area contributed by atoms with Gasteiger partial charge in [-0.15, -0.1) is 0 Å². The number of rotatable bonds is 2. The van der Waals surface area contributed by atoms with Crippen LogP contribution in [0.25, 0.3) is 11.0 Å². The molecule has 2 amide bonds. The van der Waals surface area contributed by atoms with E-state index in [0.29, 0.717) is 5.69 Å². The lowest BCUT2D eigenvalue weighted by molar-refractivity contribution is -0.122. The maximum Gasteiger partial charge on any atom is 0.257 e. The summed E-state index contributed by atoms with van der Waals surface area (Å²) in [6.45, 7) is 1.97. The van der Waals surface area contributed by atoms with Gasteiger partial charge in [0, 0.05) is 0 Å². The lowest BCUT2D eigenvalue weighted by atomic mass is 10.2. The van der Waals surface area contributed by atoms with Gasteiger partial charge in [0.2, 0.25) is 5.91 Å². The van der Waals surface area contributed by atoms with Crippen molar-refractivity contribution in [3.8, 4) is 0 Å². The number of aromatic nitrogens is 2. The molecule has 3 aromatic rings. The molecule has 1 atom stereocenters. The number of fused-ring (bicyclic) bond motifs is 1. The molecule has 1 aliphatic rings. The summed E-state index contributed by atoms with van der Waals surface area (Å²) in [6.07, 6.45) is 1.80. The largest absolute Gasteiger partial charge is 0.317 e. The zero-order valence-corrected chi connectivity index (χ0v) is 12.6. The van der Waals surface area contributed by atoms with Crippen LogP contribution in [0, 0.1) is 6.92 Å². The third-order valence-electron chi connectivity index (χ3n) is 4.23. The number of carbonyl (C=O) groups is 2. The second-order valence-electron chi connectivity index (χ2n) is 5.76. The average Bonchev–Trinajstić information content (AvgIpc) is 3.10. The average molecular weight is 305 g/mol. The molecule has 2 aromatic carbocycles. The first-order chi connectivity index (χ1) is 11.1. The van der Waals surface area contributed by atoms with E-state index < -0.39 is 6.04 Å². The number of aryl methyl sites for hydroxylation is 1. The van der Waals surface area contributed by atoms with Crippen LogP contribution in [0.15, 0.2) is 54.9 Å². The Balaban J connectivity index is 1.74. The Labute approximate surface area is 133 Å². The number of benzene rings is 2. The molecule has 0 radical (unpaired) electrons. The molecule has 5 nitrogen and oxygen atoms in total. The first-order valence-electron chi connectivity index (χ1n) is 7.50. The second kappa shape index (κ2) is 5.05. The number of carbonyl (C=O) groups excluding carboxylic acids is 2. The molecule has 0 bridgehead atoms. The van der Waals surface area contributed by atoms with Crippen molar-refractivity contribution >= 4 is 28.5 Å². The molecule has 0 aliphatic carbocycles. The normalized spacial score (nSPS) is 18.1. The molecule has 1 fully saturated rings. The van der Waals surface area contributed by atoms with Gasteiger partial charge in [0.25, 0.3) is 5.91 Å². The molecule has 0 spiro atoms. The first-order valence-corrected chi connectivity index (χ1v) is 7.50. The Morgan fingerprint density at radius 2 is 1.78 bits per heavy atom. The van der Waals surface area contributed by atoms with E-state index >= 15 is 0 Å². The van der Waals surface area contributed by atoms with Gasteiger partial charge < -0.3 is 4.57 Å². The van der Waals surface area contributed by atoms with E-state index in [9.17, 15) is 9.59 Å². The summed E-state index contributed by atoms with van der Waals surface area (Å²) in [6, 6.07) is 14.5. The quantitative estimate of drug-likeness (QED) is 0.684. The topological polar surface area (TPSA) is 55.2 Å². The van der Waals surface area contributed by atoms with Gasteiger partial charge in [-0.2, -0.15) is 0 Å². The van der Waals surface area contributed by atoms with E-state index in [2.05, 4.69) is 4.98 Å². The van der Waals surface area contributed by atoms with Crippen molar-refractivity contribution < 1.29 is 9.59 Å². The lowest BCUT2D eigenvalue weighted by Gasteiger charge is -2.16. The van der Waals surface area contributed by atoms with Crippen LogP contribution in [0.4, 0.5) is 5.69 Å². The fourth-order valence-corrected chi connectivity index (χ4v) is 3.02. The Hall–Kier alpha value is -2.95. The third kappa shape index (κ3) is 2.12. The number of nitrogens with zero attached hydrogens (tertiary/aromatic N) is 3. The maximum absolute atomic E-state index is 12.8. The standard InChI is InChI=1S/C18H15N3O2/c1-12-6-8-13(9-7-12)21-17(22)10-16(18(21)23)20-11-19-14-4-2-3-5-15(14)20/h2-9,11,16H,10H2,1H3/t16-/m0/s1. The minimum Gasteiger partial charge on any atom is -0.317 e. The van der Waals surface area contributed by atoms with Gasteiger partial charge in [-0.3, -0.25) is 9.59 Å². The third-order valence-corrected chi connectivity index (χ3v) is 4.23. The molecule has 1 aliphatic heterocycles. The number of hydrogen-bond acceptors (Lipinski definition) is 3. The highest BCUT2D eigenvalue weighted by atomic mass is 16.2. The Kier molecular flexibility index (Phi) is 3.01. The molecule has 0 unspecified atom stereocenters. The molecule has 0 saturated carbocycles. The van der Waals surface area contributed by atoms with E-state index in [1.807, 2.05) is 43.3 Å². The van der Waals surface area contributed by atoms with Crippen LogP contribution in [0.5, 0.6) is 0 Å². The SMILES string of the molecule is Cc1ccc(N2C(=O)C[C@H](n3cnc4ccccc43)C2=O)cc1. The Bertz CT molecular complexity index is 911. The molecule has 5 heteroatoms. The van der Waals surface area contributed by atoms with Gasteiger partial charge in [0.05, 0.1) is 29.5 Å². The van der Waals surface area contributed by atoms with Gasteiger partial charge in [0.1, 0.15) is 6.04 Å². The predicted octanol–water partition coefficient (Wildman–Crippen LogP) is 2.85. The monoisotopic (exact) mass is 305 g/mol. The van der Waals surface area contributed by atoms with Crippen molar-refractivity contribution in [2.45, 2.75) is 19.4 Å². The number of imidazole rings is 1. The van der Waals surface area contributed by atoms with E-state index in [4.69, 9.17) is 0 Å². The fourth-order valence-electron chi connectivity index (χ4n) is 3.02. The second-order valence-corrected chi connectivity index (χ2v) is 5.76. The highest BCUT2D eigenvalue weighted by molar-refractivity contribution is 6.21. The summed E-state index contributed by atoms with van der Waals surface area (Å²) in [5, 5.41) is 0. The summed E-state index contributed by atoms with van der Waals surface area (Å²) >= 11 is 0. The van der Waals surface area contributed by atoms with Gasteiger partial charge in [-0.05, 0) is 31.2 Å².